The summed E-state index contributed by atoms with van der Waals surface area (Å²) in [6.07, 6.45) is 3.51. The summed E-state index contributed by atoms with van der Waals surface area (Å²) in [5.41, 5.74) is -0.262. The van der Waals surface area contributed by atoms with Crippen molar-refractivity contribution in [3.63, 3.8) is 0 Å². The number of ether oxygens (including phenoxy) is 1. The summed E-state index contributed by atoms with van der Waals surface area (Å²) >= 11 is 0. The van der Waals surface area contributed by atoms with Crippen LogP contribution in [0.5, 0.6) is 5.75 Å². The van der Waals surface area contributed by atoms with Gasteiger partial charge in [-0.1, -0.05) is 37.6 Å². The standard InChI is InChI=1S/C23H34N2O3S/c1-6-7-14-28-20-12-13-21(19-11-9-8-10-18(19)20)29(26,27)24-17-15-22(2,3)25-23(4,5)16-17/h8-13,17,24-25H,6-7,14-16H2,1-5H3. The molecule has 0 saturated carbocycles. The SMILES string of the molecule is CCCCOc1ccc(S(=O)(=O)NC2CC(C)(C)NC(C)(C)C2)c2ccccc12. The fraction of sp³-hybridized carbons (Fsp3) is 0.565. The van der Waals surface area contributed by atoms with Gasteiger partial charge in [0, 0.05) is 27.9 Å². The van der Waals surface area contributed by atoms with E-state index < -0.39 is 10.0 Å². The molecule has 3 rings (SSSR count). The van der Waals surface area contributed by atoms with Gasteiger partial charge < -0.3 is 10.1 Å². The molecule has 2 aromatic rings. The van der Waals surface area contributed by atoms with Crippen LogP contribution in [0, 0.1) is 0 Å². The maximum atomic E-state index is 13.3. The van der Waals surface area contributed by atoms with E-state index in [-0.39, 0.29) is 17.1 Å². The topological polar surface area (TPSA) is 67.4 Å². The van der Waals surface area contributed by atoms with Crippen LogP contribution in [-0.4, -0.2) is 32.1 Å². The number of nitrogens with one attached hydrogen (secondary N) is 2. The molecule has 1 heterocycles. The number of unbranched alkanes of at least 4 members (excludes halogenated alkanes) is 1. The number of hydrogen-bond donors (Lipinski definition) is 2. The number of hydrogen-bond acceptors (Lipinski definition) is 4. The fourth-order valence-corrected chi connectivity index (χ4v) is 6.07. The Bertz CT molecular complexity index is 951. The van der Waals surface area contributed by atoms with Crippen LogP contribution >= 0.6 is 0 Å². The minimum Gasteiger partial charge on any atom is -0.493 e. The summed E-state index contributed by atoms with van der Waals surface area (Å²) in [6.45, 7) is 11.2. The second-order valence-electron chi connectivity index (χ2n) is 9.43. The van der Waals surface area contributed by atoms with Crippen LogP contribution in [0.15, 0.2) is 41.3 Å². The van der Waals surface area contributed by atoms with Crippen molar-refractivity contribution in [1.29, 1.82) is 0 Å². The van der Waals surface area contributed by atoms with E-state index in [4.69, 9.17) is 4.74 Å². The summed E-state index contributed by atoms with van der Waals surface area (Å²) in [5.74, 6) is 0.733. The molecule has 0 amide bonds. The highest BCUT2D eigenvalue weighted by atomic mass is 32.2. The van der Waals surface area contributed by atoms with Crippen molar-refractivity contribution >= 4 is 20.8 Å². The third-order valence-electron chi connectivity index (χ3n) is 5.40. The molecule has 2 N–H and O–H groups in total. The number of fused-ring (bicyclic) bond motifs is 1. The van der Waals surface area contributed by atoms with Crippen LogP contribution in [0.4, 0.5) is 0 Å². The molecular formula is C23H34N2O3S. The monoisotopic (exact) mass is 418 g/mol. The third-order valence-corrected chi connectivity index (χ3v) is 6.98. The lowest BCUT2D eigenvalue weighted by Gasteiger charge is -2.46. The second-order valence-corrected chi connectivity index (χ2v) is 11.1. The first-order chi connectivity index (χ1) is 13.5. The Morgan fingerprint density at radius 1 is 1.03 bits per heavy atom. The van der Waals surface area contributed by atoms with Crippen molar-refractivity contribution in [3.05, 3.63) is 36.4 Å². The molecule has 0 atom stereocenters. The largest absolute Gasteiger partial charge is 0.493 e. The predicted molar refractivity (Wildman–Crippen MR) is 119 cm³/mol. The molecule has 0 bridgehead atoms. The van der Waals surface area contributed by atoms with Crippen LogP contribution in [-0.2, 0) is 10.0 Å². The van der Waals surface area contributed by atoms with E-state index in [9.17, 15) is 8.42 Å². The molecular weight excluding hydrogens is 384 g/mol. The first-order valence-corrected chi connectivity index (χ1v) is 12.0. The van der Waals surface area contributed by atoms with Crippen LogP contribution in [0.1, 0.15) is 60.3 Å². The smallest absolute Gasteiger partial charge is 0.241 e. The maximum absolute atomic E-state index is 13.3. The Kier molecular flexibility index (Phi) is 6.27. The highest BCUT2D eigenvalue weighted by Crippen LogP contribution is 2.33. The van der Waals surface area contributed by atoms with Crippen LogP contribution in [0.2, 0.25) is 0 Å². The number of sulfonamides is 1. The van der Waals surface area contributed by atoms with Crippen molar-refractivity contribution in [2.45, 2.75) is 82.3 Å². The average molecular weight is 419 g/mol. The first kappa shape index (κ1) is 22.1. The summed E-state index contributed by atoms with van der Waals surface area (Å²) in [4.78, 5) is 0.310. The highest BCUT2D eigenvalue weighted by molar-refractivity contribution is 7.89. The van der Waals surface area contributed by atoms with Gasteiger partial charge in [0.25, 0.3) is 0 Å². The van der Waals surface area contributed by atoms with Crippen LogP contribution in [0.3, 0.4) is 0 Å². The Morgan fingerprint density at radius 3 is 2.28 bits per heavy atom. The molecule has 0 spiro atoms. The van der Waals surface area contributed by atoms with Crippen molar-refractivity contribution in [3.8, 4) is 5.75 Å². The fourth-order valence-electron chi connectivity index (χ4n) is 4.62. The summed E-state index contributed by atoms with van der Waals surface area (Å²) in [5, 5.41) is 5.12. The lowest BCUT2D eigenvalue weighted by molar-refractivity contribution is 0.157. The van der Waals surface area contributed by atoms with Crippen molar-refractivity contribution < 1.29 is 13.2 Å². The molecule has 5 nitrogen and oxygen atoms in total. The quantitative estimate of drug-likeness (QED) is 0.645. The van der Waals surface area contributed by atoms with Gasteiger partial charge in [-0.05, 0) is 59.1 Å². The Hall–Kier alpha value is -1.63. The highest BCUT2D eigenvalue weighted by Gasteiger charge is 2.39. The molecule has 0 radical (unpaired) electrons. The zero-order valence-electron chi connectivity index (χ0n) is 18.2. The normalized spacial score (nSPS) is 19.3. The van der Waals surface area contributed by atoms with E-state index >= 15 is 0 Å². The molecule has 1 fully saturated rings. The van der Waals surface area contributed by atoms with Gasteiger partial charge in [-0.25, -0.2) is 13.1 Å². The predicted octanol–water partition coefficient (Wildman–Crippen LogP) is 4.61. The molecule has 0 aromatic heterocycles. The molecule has 1 aliphatic rings. The van der Waals surface area contributed by atoms with Gasteiger partial charge in [0.2, 0.25) is 10.0 Å². The van der Waals surface area contributed by atoms with Crippen LogP contribution in [0.25, 0.3) is 10.8 Å². The van der Waals surface area contributed by atoms with Gasteiger partial charge in [0.15, 0.2) is 0 Å². The molecule has 1 saturated heterocycles. The summed E-state index contributed by atoms with van der Waals surface area (Å²) < 4.78 is 35.6. The van der Waals surface area contributed by atoms with Crippen LogP contribution < -0.4 is 14.8 Å². The third kappa shape index (κ3) is 5.30. The van der Waals surface area contributed by atoms with Crippen molar-refractivity contribution in [1.82, 2.24) is 10.0 Å². The minimum atomic E-state index is -3.66. The van der Waals surface area contributed by atoms with Crippen molar-refractivity contribution in [2.75, 3.05) is 6.61 Å². The number of benzene rings is 2. The number of rotatable bonds is 7. The van der Waals surface area contributed by atoms with Gasteiger partial charge in [0.05, 0.1) is 11.5 Å². The van der Waals surface area contributed by atoms with Crippen molar-refractivity contribution in [2.24, 2.45) is 0 Å². The van der Waals surface area contributed by atoms with E-state index in [0.29, 0.717) is 16.9 Å². The lowest BCUT2D eigenvalue weighted by atomic mass is 9.80. The van der Waals surface area contributed by atoms with Gasteiger partial charge in [-0.15, -0.1) is 0 Å². The molecule has 0 unspecified atom stereocenters. The molecule has 2 aromatic carbocycles. The average Bonchev–Trinajstić information content (AvgIpc) is 2.58. The molecule has 1 aliphatic heterocycles. The van der Waals surface area contributed by atoms with E-state index in [1.807, 2.05) is 24.3 Å². The van der Waals surface area contributed by atoms with E-state index in [1.165, 1.54) is 0 Å². The Morgan fingerprint density at radius 2 is 1.66 bits per heavy atom. The first-order valence-electron chi connectivity index (χ1n) is 10.5. The molecule has 6 heteroatoms. The molecule has 0 aliphatic carbocycles. The van der Waals surface area contributed by atoms with Gasteiger partial charge >= 0.3 is 0 Å². The van der Waals surface area contributed by atoms with Gasteiger partial charge in [-0.3, -0.25) is 0 Å². The lowest BCUT2D eigenvalue weighted by Crippen LogP contribution is -2.62. The maximum Gasteiger partial charge on any atom is 0.241 e. The zero-order chi connectivity index (χ0) is 21.3. The summed E-state index contributed by atoms with van der Waals surface area (Å²) in [7, 11) is -3.66. The zero-order valence-corrected chi connectivity index (χ0v) is 19.0. The number of piperidine rings is 1. The van der Waals surface area contributed by atoms with Gasteiger partial charge in [-0.2, -0.15) is 0 Å². The Labute approximate surface area is 175 Å². The van der Waals surface area contributed by atoms with E-state index in [0.717, 1.165) is 36.8 Å². The van der Waals surface area contributed by atoms with E-state index in [2.05, 4.69) is 44.7 Å². The van der Waals surface area contributed by atoms with Gasteiger partial charge in [0.1, 0.15) is 5.75 Å². The summed E-state index contributed by atoms with van der Waals surface area (Å²) in [6, 6.07) is 10.9. The molecule has 29 heavy (non-hydrogen) atoms. The Balaban J connectivity index is 1.92. The van der Waals surface area contributed by atoms with E-state index in [1.54, 1.807) is 12.1 Å². The second kappa shape index (κ2) is 8.25. The molecule has 160 valence electrons. The minimum absolute atomic E-state index is 0.120.